The standard InChI is InChI=1S/C22H33NO4/c1-25-21-9-17-5-6-23(11-18(17)10-22(21)26-2)12-20(24)14-27-13-19-8-15-3-4-16(19)7-15/h9-10,15-16,19-20,24H,3-8,11-14H2,1-2H3. The van der Waals surface area contributed by atoms with Crippen molar-refractivity contribution in [2.75, 3.05) is 40.5 Å². The van der Waals surface area contributed by atoms with Gasteiger partial charge in [0, 0.05) is 26.2 Å². The molecule has 0 aromatic heterocycles. The lowest BCUT2D eigenvalue weighted by Gasteiger charge is -2.31. The molecule has 2 fully saturated rings. The van der Waals surface area contributed by atoms with Gasteiger partial charge in [0.05, 0.1) is 26.9 Å². The third-order valence-electron chi connectivity index (χ3n) is 6.79. The van der Waals surface area contributed by atoms with E-state index in [4.69, 9.17) is 14.2 Å². The summed E-state index contributed by atoms with van der Waals surface area (Å²) in [4.78, 5) is 2.31. The molecule has 27 heavy (non-hydrogen) atoms. The third kappa shape index (κ3) is 4.25. The molecule has 150 valence electrons. The Morgan fingerprint density at radius 2 is 1.89 bits per heavy atom. The van der Waals surface area contributed by atoms with Crippen molar-refractivity contribution in [3.63, 3.8) is 0 Å². The molecule has 0 spiro atoms. The molecule has 1 aromatic carbocycles. The van der Waals surface area contributed by atoms with Crippen LogP contribution in [-0.2, 0) is 17.7 Å². The van der Waals surface area contributed by atoms with Gasteiger partial charge in [-0.3, -0.25) is 4.90 Å². The van der Waals surface area contributed by atoms with Gasteiger partial charge in [-0.25, -0.2) is 0 Å². The van der Waals surface area contributed by atoms with Gasteiger partial charge in [0.2, 0.25) is 0 Å². The largest absolute Gasteiger partial charge is 0.493 e. The average Bonchev–Trinajstić information content (AvgIpc) is 3.30. The summed E-state index contributed by atoms with van der Waals surface area (Å²) in [5.41, 5.74) is 2.57. The summed E-state index contributed by atoms with van der Waals surface area (Å²) in [6.45, 7) is 3.72. The lowest BCUT2D eigenvalue weighted by Crippen LogP contribution is -2.38. The molecule has 4 unspecified atom stereocenters. The molecule has 1 heterocycles. The van der Waals surface area contributed by atoms with E-state index in [9.17, 15) is 5.11 Å². The molecular weight excluding hydrogens is 342 g/mol. The molecule has 2 aliphatic carbocycles. The first-order valence-electron chi connectivity index (χ1n) is 10.4. The predicted octanol–water partition coefficient (Wildman–Crippen LogP) is 2.88. The molecule has 5 nitrogen and oxygen atoms in total. The van der Waals surface area contributed by atoms with Crippen LogP contribution in [-0.4, -0.2) is 56.6 Å². The second-order valence-corrected chi connectivity index (χ2v) is 8.59. The third-order valence-corrected chi connectivity index (χ3v) is 6.79. The van der Waals surface area contributed by atoms with Crippen molar-refractivity contribution in [2.45, 2.75) is 44.8 Å². The van der Waals surface area contributed by atoms with E-state index in [1.54, 1.807) is 14.2 Å². The van der Waals surface area contributed by atoms with Crippen LogP contribution in [0.2, 0.25) is 0 Å². The van der Waals surface area contributed by atoms with Crippen LogP contribution in [0, 0.1) is 17.8 Å². The Hall–Kier alpha value is -1.30. The molecule has 4 rings (SSSR count). The van der Waals surface area contributed by atoms with E-state index >= 15 is 0 Å². The normalized spacial score (nSPS) is 28.2. The number of hydrogen-bond donors (Lipinski definition) is 1. The molecule has 1 aromatic rings. The van der Waals surface area contributed by atoms with E-state index in [1.165, 1.54) is 36.8 Å². The Morgan fingerprint density at radius 3 is 2.56 bits per heavy atom. The SMILES string of the molecule is COc1cc2c(cc1OC)CN(CC(O)COCC1CC3CCC1C3)CC2. The number of ether oxygens (including phenoxy) is 3. The van der Waals surface area contributed by atoms with E-state index in [0.717, 1.165) is 55.4 Å². The lowest BCUT2D eigenvalue weighted by molar-refractivity contribution is -0.00388. The smallest absolute Gasteiger partial charge is 0.161 e. The van der Waals surface area contributed by atoms with Gasteiger partial charge in [-0.05, 0) is 66.7 Å². The zero-order valence-corrected chi connectivity index (χ0v) is 16.7. The predicted molar refractivity (Wildman–Crippen MR) is 104 cm³/mol. The van der Waals surface area contributed by atoms with Gasteiger partial charge in [0.1, 0.15) is 0 Å². The molecule has 5 heteroatoms. The van der Waals surface area contributed by atoms with E-state index in [-0.39, 0.29) is 0 Å². The highest BCUT2D eigenvalue weighted by atomic mass is 16.5. The van der Waals surface area contributed by atoms with Gasteiger partial charge >= 0.3 is 0 Å². The number of aliphatic hydroxyl groups is 1. The maximum Gasteiger partial charge on any atom is 0.161 e. The monoisotopic (exact) mass is 375 g/mol. The van der Waals surface area contributed by atoms with E-state index < -0.39 is 6.10 Å². The van der Waals surface area contributed by atoms with Crippen molar-refractivity contribution in [1.82, 2.24) is 4.90 Å². The summed E-state index contributed by atoms with van der Waals surface area (Å²) in [6.07, 6.45) is 6.12. The summed E-state index contributed by atoms with van der Waals surface area (Å²) in [6, 6.07) is 4.15. The molecule has 0 saturated heterocycles. The van der Waals surface area contributed by atoms with Gasteiger partial charge in [0.25, 0.3) is 0 Å². The van der Waals surface area contributed by atoms with Crippen LogP contribution >= 0.6 is 0 Å². The van der Waals surface area contributed by atoms with Crippen molar-refractivity contribution in [2.24, 2.45) is 17.8 Å². The molecule has 1 aliphatic heterocycles. The number of fused-ring (bicyclic) bond motifs is 3. The van der Waals surface area contributed by atoms with E-state index in [1.807, 2.05) is 0 Å². The van der Waals surface area contributed by atoms with Gasteiger partial charge < -0.3 is 19.3 Å². The Morgan fingerprint density at radius 1 is 1.11 bits per heavy atom. The van der Waals surface area contributed by atoms with Crippen LogP contribution in [0.25, 0.3) is 0 Å². The van der Waals surface area contributed by atoms with Crippen LogP contribution in [0.15, 0.2) is 12.1 Å². The van der Waals surface area contributed by atoms with Crippen LogP contribution < -0.4 is 9.47 Å². The molecular formula is C22H33NO4. The van der Waals surface area contributed by atoms with Crippen molar-refractivity contribution >= 4 is 0 Å². The number of rotatable bonds is 8. The van der Waals surface area contributed by atoms with Crippen molar-refractivity contribution < 1.29 is 19.3 Å². The van der Waals surface area contributed by atoms with Gasteiger partial charge in [-0.1, -0.05) is 6.42 Å². The summed E-state index contributed by atoms with van der Waals surface area (Å²) >= 11 is 0. The fourth-order valence-corrected chi connectivity index (χ4v) is 5.38. The molecule has 2 saturated carbocycles. The first-order valence-corrected chi connectivity index (χ1v) is 10.4. The molecule has 0 radical (unpaired) electrons. The number of β-amino-alcohol motifs (C(OH)–C–C–N with tert-alkyl or cyclic N) is 1. The maximum absolute atomic E-state index is 10.4. The zero-order valence-electron chi connectivity index (χ0n) is 16.7. The van der Waals surface area contributed by atoms with E-state index in [0.29, 0.717) is 13.2 Å². The minimum absolute atomic E-state index is 0.426. The van der Waals surface area contributed by atoms with Gasteiger partial charge in [-0.15, -0.1) is 0 Å². The fourth-order valence-electron chi connectivity index (χ4n) is 5.38. The highest BCUT2D eigenvalue weighted by Gasteiger charge is 2.39. The van der Waals surface area contributed by atoms with Crippen LogP contribution in [0.4, 0.5) is 0 Å². The summed E-state index contributed by atoms with van der Waals surface area (Å²) < 4.78 is 16.7. The van der Waals surface area contributed by atoms with Crippen LogP contribution in [0.3, 0.4) is 0 Å². The number of aliphatic hydroxyl groups excluding tert-OH is 1. The lowest BCUT2D eigenvalue weighted by atomic mass is 9.90. The first kappa shape index (κ1) is 19.0. The minimum atomic E-state index is -0.426. The Bertz CT molecular complexity index is 649. The Kier molecular flexibility index (Phi) is 5.90. The second kappa shape index (κ2) is 8.38. The van der Waals surface area contributed by atoms with Gasteiger partial charge in [-0.2, -0.15) is 0 Å². The number of hydrogen-bond acceptors (Lipinski definition) is 5. The highest BCUT2D eigenvalue weighted by Crippen LogP contribution is 2.48. The topological polar surface area (TPSA) is 51.2 Å². The maximum atomic E-state index is 10.4. The van der Waals surface area contributed by atoms with Crippen molar-refractivity contribution in [3.05, 3.63) is 23.3 Å². The summed E-state index contributed by atoms with van der Waals surface area (Å²) in [7, 11) is 3.34. The molecule has 3 aliphatic rings. The van der Waals surface area contributed by atoms with E-state index in [2.05, 4.69) is 17.0 Å². The fraction of sp³-hybridized carbons (Fsp3) is 0.727. The average molecular weight is 376 g/mol. The number of nitrogens with zero attached hydrogens (tertiary/aromatic N) is 1. The van der Waals surface area contributed by atoms with Crippen LogP contribution in [0.5, 0.6) is 11.5 Å². The minimum Gasteiger partial charge on any atom is -0.493 e. The molecule has 2 bridgehead atoms. The first-order chi connectivity index (χ1) is 13.2. The summed E-state index contributed by atoms with van der Waals surface area (Å²) in [5, 5.41) is 10.4. The van der Waals surface area contributed by atoms with Gasteiger partial charge in [0.15, 0.2) is 11.5 Å². The molecule has 0 amide bonds. The number of methoxy groups -OCH3 is 2. The Labute approximate surface area is 162 Å². The van der Waals surface area contributed by atoms with Crippen LogP contribution in [0.1, 0.15) is 36.8 Å². The molecule has 4 atom stereocenters. The van der Waals surface area contributed by atoms with Crippen molar-refractivity contribution in [1.29, 1.82) is 0 Å². The second-order valence-electron chi connectivity index (χ2n) is 8.59. The Balaban J connectivity index is 1.24. The molecule has 1 N–H and O–H groups in total. The summed E-state index contributed by atoms with van der Waals surface area (Å²) in [5.74, 6) is 4.14. The number of benzene rings is 1. The highest BCUT2D eigenvalue weighted by molar-refractivity contribution is 5.48. The quantitative estimate of drug-likeness (QED) is 0.757. The van der Waals surface area contributed by atoms with Crippen molar-refractivity contribution in [3.8, 4) is 11.5 Å². The zero-order chi connectivity index (χ0) is 18.8.